The molecule has 28 heavy (non-hydrogen) atoms. The maximum Gasteiger partial charge on any atom is 0.244 e. The van der Waals surface area contributed by atoms with Gasteiger partial charge in [0.25, 0.3) is 0 Å². The third-order valence-electron chi connectivity index (χ3n) is 4.66. The predicted octanol–water partition coefficient (Wildman–Crippen LogP) is 2.04. The minimum Gasteiger partial charge on any atom is -0.368 e. The van der Waals surface area contributed by atoms with E-state index >= 15 is 0 Å². The molecule has 1 aliphatic rings. The molecule has 6 nitrogen and oxygen atoms in total. The van der Waals surface area contributed by atoms with Crippen LogP contribution in [0.2, 0.25) is 0 Å². The summed E-state index contributed by atoms with van der Waals surface area (Å²) in [6.07, 6.45) is 2.92. The Labute approximate surface area is 164 Å². The molecule has 1 fully saturated rings. The van der Waals surface area contributed by atoms with Gasteiger partial charge in [0.05, 0.1) is 18.2 Å². The first-order valence-electron chi connectivity index (χ1n) is 9.20. The van der Waals surface area contributed by atoms with E-state index in [1.165, 1.54) is 6.08 Å². The van der Waals surface area contributed by atoms with Crippen molar-refractivity contribution >= 4 is 23.6 Å². The number of nitrogens with zero attached hydrogens (tertiary/aromatic N) is 3. The standard InChI is InChI=1S/C22H22N4O2/c23-16-19-7-5-4-6-18(19)10-11-21(27)24-17-22(28)26-14-12-25(13-15-26)20-8-2-1-3-9-20/h1-11H,12-15,17H2,(H,24,27)/b11-10+. The number of anilines is 1. The van der Waals surface area contributed by atoms with Crippen LogP contribution in [-0.4, -0.2) is 49.4 Å². The molecule has 6 heteroatoms. The Hall–Kier alpha value is -3.59. The highest BCUT2D eigenvalue weighted by Crippen LogP contribution is 2.15. The van der Waals surface area contributed by atoms with Crippen LogP contribution in [0.25, 0.3) is 6.08 Å². The summed E-state index contributed by atoms with van der Waals surface area (Å²) in [5.41, 5.74) is 2.33. The fourth-order valence-electron chi connectivity index (χ4n) is 3.10. The Morgan fingerprint density at radius 3 is 2.39 bits per heavy atom. The zero-order valence-electron chi connectivity index (χ0n) is 15.5. The van der Waals surface area contributed by atoms with Crippen molar-refractivity contribution in [3.8, 4) is 6.07 Å². The molecule has 0 saturated carbocycles. The van der Waals surface area contributed by atoms with Gasteiger partial charge in [0.2, 0.25) is 11.8 Å². The summed E-state index contributed by atoms with van der Waals surface area (Å²) in [6, 6.07) is 19.2. The first-order valence-corrected chi connectivity index (χ1v) is 9.20. The molecule has 142 valence electrons. The van der Waals surface area contributed by atoms with Gasteiger partial charge in [-0.25, -0.2) is 0 Å². The van der Waals surface area contributed by atoms with Crippen LogP contribution in [0.15, 0.2) is 60.7 Å². The third-order valence-corrected chi connectivity index (χ3v) is 4.66. The monoisotopic (exact) mass is 374 g/mol. The van der Waals surface area contributed by atoms with Crippen molar-refractivity contribution in [3.05, 3.63) is 71.8 Å². The van der Waals surface area contributed by atoms with Crippen LogP contribution in [0.5, 0.6) is 0 Å². The van der Waals surface area contributed by atoms with Gasteiger partial charge in [0.15, 0.2) is 0 Å². The van der Waals surface area contributed by atoms with E-state index in [4.69, 9.17) is 5.26 Å². The van der Waals surface area contributed by atoms with E-state index in [2.05, 4.69) is 28.4 Å². The number of para-hydroxylation sites is 1. The molecule has 2 amide bonds. The number of hydrogen-bond acceptors (Lipinski definition) is 4. The molecule has 1 heterocycles. The van der Waals surface area contributed by atoms with Crippen LogP contribution in [0.4, 0.5) is 5.69 Å². The minimum atomic E-state index is -0.357. The van der Waals surface area contributed by atoms with Crippen molar-refractivity contribution in [1.29, 1.82) is 5.26 Å². The lowest BCUT2D eigenvalue weighted by Crippen LogP contribution is -2.51. The van der Waals surface area contributed by atoms with Gasteiger partial charge in [0.1, 0.15) is 0 Å². The van der Waals surface area contributed by atoms with E-state index < -0.39 is 0 Å². The van der Waals surface area contributed by atoms with Crippen molar-refractivity contribution in [3.63, 3.8) is 0 Å². The Bertz CT molecular complexity index is 894. The van der Waals surface area contributed by atoms with Crippen molar-refractivity contribution in [2.75, 3.05) is 37.6 Å². The number of amides is 2. The van der Waals surface area contributed by atoms with Gasteiger partial charge in [-0.2, -0.15) is 5.26 Å². The maximum absolute atomic E-state index is 12.3. The van der Waals surface area contributed by atoms with Crippen molar-refractivity contribution in [1.82, 2.24) is 10.2 Å². The topological polar surface area (TPSA) is 76.4 Å². The summed E-state index contributed by atoms with van der Waals surface area (Å²) >= 11 is 0. The molecule has 0 aromatic heterocycles. The molecule has 2 aromatic carbocycles. The number of hydrogen-bond donors (Lipinski definition) is 1. The van der Waals surface area contributed by atoms with Crippen LogP contribution in [0.3, 0.4) is 0 Å². The van der Waals surface area contributed by atoms with Crippen LogP contribution < -0.4 is 10.2 Å². The summed E-state index contributed by atoms with van der Waals surface area (Å²) in [5.74, 6) is -0.448. The van der Waals surface area contributed by atoms with Gasteiger partial charge in [-0.1, -0.05) is 36.4 Å². The van der Waals surface area contributed by atoms with E-state index in [1.54, 1.807) is 35.2 Å². The lowest BCUT2D eigenvalue weighted by Gasteiger charge is -2.36. The fourth-order valence-corrected chi connectivity index (χ4v) is 3.10. The molecule has 0 atom stereocenters. The lowest BCUT2D eigenvalue weighted by atomic mass is 10.1. The van der Waals surface area contributed by atoms with Crippen molar-refractivity contribution in [2.24, 2.45) is 0 Å². The van der Waals surface area contributed by atoms with Crippen LogP contribution in [0, 0.1) is 11.3 Å². The molecule has 0 radical (unpaired) electrons. The SMILES string of the molecule is N#Cc1ccccc1/C=C/C(=O)NCC(=O)N1CCN(c2ccccc2)CC1. The second kappa shape index (κ2) is 9.38. The molecule has 0 bridgehead atoms. The summed E-state index contributed by atoms with van der Waals surface area (Å²) in [7, 11) is 0. The van der Waals surface area contributed by atoms with E-state index in [1.807, 2.05) is 18.2 Å². The normalized spacial score (nSPS) is 14.0. The molecule has 0 aliphatic carbocycles. The maximum atomic E-state index is 12.3. The molecule has 0 unspecified atom stereocenters. The van der Waals surface area contributed by atoms with Crippen LogP contribution in [-0.2, 0) is 9.59 Å². The third kappa shape index (κ3) is 4.98. The highest BCUT2D eigenvalue weighted by molar-refractivity contribution is 5.94. The van der Waals surface area contributed by atoms with Crippen LogP contribution >= 0.6 is 0 Å². The molecule has 1 saturated heterocycles. The first-order chi connectivity index (χ1) is 13.7. The number of nitriles is 1. The zero-order valence-corrected chi connectivity index (χ0v) is 15.5. The second-order valence-electron chi connectivity index (χ2n) is 6.45. The van der Waals surface area contributed by atoms with Crippen molar-refractivity contribution in [2.45, 2.75) is 0 Å². The Morgan fingerprint density at radius 1 is 1.00 bits per heavy atom. The quantitative estimate of drug-likeness (QED) is 0.813. The van der Waals surface area contributed by atoms with Crippen LogP contribution in [0.1, 0.15) is 11.1 Å². The number of rotatable bonds is 5. The fraction of sp³-hybridized carbons (Fsp3) is 0.227. The molecule has 1 N–H and O–H groups in total. The first kappa shape index (κ1) is 19.2. The number of carbonyl (C=O) groups is 2. The summed E-state index contributed by atoms with van der Waals surface area (Å²) in [5, 5.41) is 11.7. The largest absolute Gasteiger partial charge is 0.368 e. The van der Waals surface area contributed by atoms with Gasteiger partial charge >= 0.3 is 0 Å². The molecular weight excluding hydrogens is 352 g/mol. The van der Waals surface area contributed by atoms with E-state index in [0.717, 1.165) is 18.8 Å². The lowest BCUT2D eigenvalue weighted by molar-refractivity contribution is -0.132. The van der Waals surface area contributed by atoms with Gasteiger partial charge in [-0.3, -0.25) is 9.59 Å². The average Bonchev–Trinajstić information content (AvgIpc) is 2.77. The Morgan fingerprint density at radius 2 is 1.68 bits per heavy atom. The summed E-state index contributed by atoms with van der Waals surface area (Å²) in [4.78, 5) is 28.3. The van der Waals surface area contributed by atoms with Gasteiger partial charge in [0, 0.05) is 37.9 Å². The summed E-state index contributed by atoms with van der Waals surface area (Å²) in [6.45, 7) is 2.78. The molecule has 1 aliphatic heterocycles. The van der Waals surface area contributed by atoms with E-state index in [0.29, 0.717) is 24.2 Å². The van der Waals surface area contributed by atoms with Gasteiger partial charge < -0.3 is 15.1 Å². The van der Waals surface area contributed by atoms with Gasteiger partial charge in [-0.15, -0.1) is 0 Å². The minimum absolute atomic E-state index is 0.0333. The van der Waals surface area contributed by atoms with E-state index in [-0.39, 0.29) is 18.4 Å². The Balaban J connectivity index is 1.45. The molecule has 0 spiro atoms. The highest BCUT2D eigenvalue weighted by Gasteiger charge is 2.21. The smallest absolute Gasteiger partial charge is 0.244 e. The number of carbonyl (C=O) groups excluding carboxylic acids is 2. The molecule has 3 rings (SSSR count). The summed E-state index contributed by atoms with van der Waals surface area (Å²) < 4.78 is 0. The number of benzene rings is 2. The zero-order chi connectivity index (χ0) is 19.8. The van der Waals surface area contributed by atoms with Crippen molar-refractivity contribution < 1.29 is 9.59 Å². The Kier molecular flexibility index (Phi) is 6.42. The molecular formula is C22H22N4O2. The number of piperazine rings is 1. The van der Waals surface area contributed by atoms with Gasteiger partial charge in [-0.05, 0) is 29.8 Å². The second-order valence-corrected chi connectivity index (χ2v) is 6.45. The highest BCUT2D eigenvalue weighted by atomic mass is 16.2. The number of nitrogens with one attached hydrogen (secondary N) is 1. The average molecular weight is 374 g/mol. The van der Waals surface area contributed by atoms with E-state index in [9.17, 15) is 9.59 Å². The predicted molar refractivity (Wildman–Crippen MR) is 108 cm³/mol. The molecule has 2 aromatic rings.